The summed E-state index contributed by atoms with van der Waals surface area (Å²) in [5.74, 6) is 1.69. The van der Waals surface area contributed by atoms with Crippen molar-refractivity contribution in [3.05, 3.63) is 30.3 Å². The van der Waals surface area contributed by atoms with Crippen LogP contribution >= 0.6 is 0 Å². The SMILES string of the molecule is CC(C)C[Si](Oc1ccccc1)(C(C)(C)C)C(C)(C)C. The zero-order valence-corrected chi connectivity index (χ0v) is 15.6. The molecule has 0 unspecified atom stereocenters. The highest BCUT2D eigenvalue weighted by Gasteiger charge is 2.56. The van der Waals surface area contributed by atoms with Gasteiger partial charge >= 0.3 is 0 Å². The van der Waals surface area contributed by atoms with Gasteiger partial charge in [0.25, 0.3) is 8.32 Å². The molecular formula is C18H32OSi. The molecular weight excluding hydrogens is 260 g/mol. The van der Waals surface area contributed by atoms with E-state index in [9.17, 15) is 0 Å². The van der Waals surface area contributed by atoms with Crippen molar-refractivity contribution >= 4 is 8.32 Å². The molecule has 20 heavy (non-hydrogen) atoms. The quantitative estimate of drug-likeness (QED) is 0.594. The molecule has 0 saturated carbocycles. The number of hydrogen-bond acceptors (Lipinski definition) is 1. The van der Waals surface area contributed by atoms with E-state index in [2.05, 4.69) is 79.7 Å². The van der Waals surface area contributed by atoms with E-state index in [0.29, 0.717) is 5.92 Å². The van der Waals surface area contributed by atoms with Crippen molar-refractivity contribution in [2.45, 2.75) is 71.5 Å². The van der Waals surface area contributed by atoms with Crippen LogP contribution in [0, 0.1) is 5.92 Å². The van der Waals surface area contributed by atoms with Crippen molar-refractivity contribution in [3.8, 4) is 5.75 Å². The third-order valence-electron chi connectivity index (χ3n) is 4.15. The van der Waals surface area contributed by atoms with Gasteiger partial charge in [-0.15, -0.1) is 0 Å². The normalized spacial score (nSPS) is 13.7. The average Bonchev–Trinajstić information content (AvgIpc) is 2.25. The van der Waals surface area contributed by atoms with Crippen LogP contribution in [0.15, 0.2) is 30.3 Å². The molecule has 0 N–H and O–H groups in total. The molecule has 0 amide bonds. The lowest BCUT2D eigenvalue weighted by molar-refractivity contribution is 0.406. The summed E-state index contributed by atoms with van der Waals surface area (Å²) < 4.78 is 6.78. The Balaban J connectivity index is 3.30. The minimum Gasteiger partial charge on any atom is -0.542 e. The van der Waals surface area contributed by atoms with Gasteiger partial charge in [-0.3, -0.25) is 0 Å². The molecule has 1 nitrogen and oxygen atoms in total. The van der Waals surface area contributed by atoms with E-state index >= 15 is 0 Å². The maximum atomic E-state index is 6.78. The summed E-state index contributed by atoms with van der Waals surface area (Å²) in [4.78, 5) is 0. The summed E-state index contributed by atoms with van der Waals surface area (Å²) >= 11 is 0. The van der Waals surface area contributed by atoms with Crippen molar-refractivity contribution in [2.24, 2.45) is 5.92 Å². The summed E-state index contributed by atoms with van der Waals surface area (Å²) in [5.41, 5.74) is 0. The fourth-order valence-corrected chi connectivity index (χ4v) is 9.21. The number of benzene rings is 1. The Bertz CT molecular complexity index is 395. The maximum Gasteiger partial charge on any atom is 0.262 e. The molecule has 0 bridgehead atoms. The van der Waals surface area contributed by atoms with Gasteiger partial charge in [0, 0.05) is 0 Å². The molecule has 114 valence electrons. The Morgan fingerprint density at radius 1 is 0.900 bits per heavy atom. The molecule has 0 radical (unpaired) electrons. The summed E-state index contributed by atoms with van der Waals surface area (Å²) in [5, 5.41) is 0.400. The standard InChI is InChI=1S/C18H32OSi/c1-15(2)14-20(17(3,4)5,18(6,7)8)19-16-12-10-9-11-13-16/h9-13,15H,14H2,1-8H3. The van der Waals surface area contributed by atoms with Crippen LogP contribution in [0.2, 0.25) is 16.1 Å². The van der Waals surface area contributed by atoms with Gasteiger partial charge < -0.3 is 4.43 Å². The first kappa shape index (κ1) is 17.3. The van der Waals surface area contributed by atoms with Crippen LogP contribution < -0.4 is 4.43 Å². The van der Waals surface area contributed by atoms with E-state index in [0.717, 1.165) is 5.75 Å². The van der Waals surface area contributed by atoms with E-state index in [-0.39, 0.29) is 10.1 Å². The Morgan fingerprint density at radius 2 is 1.35 bits per heavy atom. The molecule has 0 aromatic heterocycles. The van der Waals surface area contributed by atoms with Gasteiger partial charge in [0.2, 0.25) is 0 Å². The minimum absolute atomic E-state index is 0.200. The molecule has 0 spiro atoms. The van der Waals surface area contributed by atoms with Gasteiger partial charge in [-0.05, 0) is 34.2 Å². The minimum atomic E-state index is -2.00. The fourth-order valence-electron chi connectivity index (χ4n) is 3.35. The zero-order valence-electron chi connectivity index (χ0n) is 14.6. The van der Waals surface area contributed by atoms with E-state index in [1.54, 1.807) is 0 Å². The van der Waals surface area contributed by atoms with Crippen LogP contribution in [0.3, 0.4) is 0 Å². The van der Waals surface area contributed by atoms with Crippen molar-refractivity contribution in [1.29, 1.82) is 0 Å². The summed E-state index contributed by atoms with van der Waals surface area (Å²) in [6.45, 7) is 18.8. The lowest BCUT2D eigenvalue weighted by Gasteiger charge is -2.51. The van der Waals surface area contributed by atoms with E-state index < -0.39 is 8.32 Å². The highest BCUT2D eigenvalue weighted by Crippen LogP contribution is 2.54. The third-order valence-corrected chi connectivity index (χ3v) is 11.0. The van der Waals surface area contributed by atoms with Crippen molar-refractivity contribution < 1.29 is 4.43 Å². The lowest BCUT2D eigenvalue weighted by Crippen LogP contribution is -2.57. The van der Waals surface area contributed by atoms with Gasteiger partial charge in [-0.25, -0.2) is 0 Å². The molecule has 0 aliphatic heterocycles. The first-order valence-electron chi connectivity index (χ1n) is 7.74. The average molecular weight is 293 g/mol. The van der Waals surface area contributed by atoms with E-state index in [1.807, 2.05) is 6.07 Å². The molecule has 1 rings (SSSR count). The smallest absolute Gasteiger partial charge is 0.262 e. The van der Waals surface area contributed by atoms with Crippen LogP contribution in [0.1, 0.15) is 55.4 Å². The zero-order chi connectivity index (χ0) is 15.6. The van der Waals surface area contributed by atoms with Gasteiger partial charge in [-0.1, -0.05) is 73.6 Å². The second-order valence-electron chi connectivity index (χ2n) is 8.34. The van der Waals surface area contributed by atoms with Gasteiger partial charge in [0.05, 0.1) is 0 Å². The van der Waals surface area contributed by atoms with Gasteiger partial charge in [0.1, 0.15) is 5.75 Å². The summed E-state index contributed by atoms with van der Waals surface area (Å²) in [6.07, 6.45) is 0. The molecule has 0 fully saturated rings. The predicted octanol–water partition coefficient (Wildman–Crippen LogP) is 6.27. The molecule has 0 aliphatic rings. The number of hydrogen-bond donors (Lipinski definition) is 0. The van der Waals surface area contributed by atoms with Crippen LogP contribution in [-0.2, 0) is 0 Å². The van der Waals surface area contributed by atoms with Crippen LogP contribution in [-0.4, -0.2) is 8.32 Å². The summed E-state index contributed by atoms with van der Waals surface area (Å²) in [7, 11) is -2.00. The van der Waals surface area contributed by atoms with Crippen LogP contribution in [0.25, 0.3) is 0 Å². The molecule has 0 aliphatic carbocycles. The Kier molecular flexibility index (Phi) is 5.12. The van der Waals surface area contributed by atoms with Crippen molar-refractivity contribution in [2.75, 3.05) is 0 Å². The molecule has 0 saturated heterocycles. The molecule has 2 heteroatoms. The monoisotopic (exact) mass is 292 g/mol. The lowest BCUT2D eigenvalue weighted by atomic mass is 10.2. The first-order chi connectivity index (χ1) is 8.99. The van der Waals surface area contributed by atoms with Crippen molar-refractivity contribution in [1.82, 2.24) is 0 Å². The highest BCUT2D eigenvalue weighted by molar-refractivity contribution is 6.80. The number of para-hydroxylation sites is 1. The van der Waals surface area contributed by atoms with E-state index in [1.165, 1.54) is 6.04 Å². The molecule has 1 aromatic carbocycles. The topological polar surface area (TPSA) is 9.23 Å². The van der Waals surface area contributed by atoms with Crippen LogP contribution in [0.5, 0.6) is 5.75 Å². The van der Waals surface area contributed by atoms with Crippen molar-refractivity contribution in [3.63, 3.8) is 0 Å². The third kappa shape index (κ3) is 3.66. The Hall–Kier alpha value is -0.763. The predicted molar refractivity (Wildman–Crippen MR) is 91.9 cm³/mol. The van der Waals surface area contributed by atoms with E-state index in [4.69, 9.17) is 4.43 Å². The van der Waals surface area contributed by atoms with Gasteiger partial charge in [-0.2, -0.15) is 0 Å². The molecule has 0 heterocycles. The fraction of sp³-hybridized carbons (Fsp3) is 0.667. The largest absolute Gasteiger partial charge is 0.542 e. The first-order valence-corrected chi connectivity index (χ1v) is 9.85. The second kappa shape index (κ2) is 5.93. The number of rotatable bonds is 4. The maximum absolute atomic E-state index is 6.78. The molecule has 1 aromatic rings. The summed E-state index contributed by atoms with van der Waals surface area (Å²) in [6, 6.07) is 11.6. The Labute approximate surface area is 126 Å². The van der Waals surface area contributed by atoms with Crippen LogP contribution in [0.4, 0.5) is 0 Å². The highest BCUT2D eigenvalue weighted by atomic mass is 28.4. The van der Waals surface area contributed by atoms with Gasteiger partial charge in [0.15, 0.2) is 0 Å². The second-order valence-corrected chi connectivity index (χ2v) is 13.6. The molecule has 0 atom stereocenters. The Morgan fingerprint density at radius 3 is 1.70 bits per heavy atom.